The molecule has 0 unspecified atom stereocenters. The molecule has 1 rings (SSSR count). The monoisotopic (exact) mass is 300 g/mol. The van der Waals surface area contributed by atoms with Gasteiger partial charge in [0, 0.05) is 12.8 Å². The number of carbonyl (C=O) groups excluding carboxylic acids is 1. The number of hydrogen-bond donors (Lipinski definition) is 3. The molecule has 0 aromatic rings. The molecule has 0 amide bonds. The summed E-state index contributed by atoms with van der Waals surface area (Å²) < 4.78 is 5.30. The average molecular weight is 300 g/mol. The molecule has 4 atom stereocenters. The van der Waals surface area contributed by atoms with Gasteiger partial charge >= 0.3 is 5.97 Å². The van der Waals surface area contributed by atoms with Crippen molar-refractivity contribution >= 4 is 5.97 Å². The number of aliphatic hydroxyl groups excluding tert-OH is 3. The van der Waals surface area contributed by atoms with Crippen molar-refractivity contribution in [3.05, 3.63) is 12.2 Å². The van der Waals surface area contributed by atoms with Crippen molar-refractivity contribution in [1.82, 2.24) is 0 Å². The molecule has 122 valence electrons. The lowest BCUT2D eigenvalue weighted by atomic mass is 10.0. The van der Waals surface area contributed by atoms with E-state index >= 15 is 0 Å². The largest absolute Gasteiger partial charge is 0.459 e. The maximum atomic E-state index is 11.7. The van der Waals surface area contributed by atoms with Gasteiger partial charge in [-0.2, -0.15) is 0 Å². The number of carbonyl (C=O) groups is 1. The number of unbranched alkanes of at least 4 members (excludes halogenated alkanes) is 3. The fourth-order valence-electron chi connectivity index (χ4n) is 2.39. The van der Waals surface area contributed by atoms with Crippen LogP contribution in [-0.4, -0.2) is 45.7 Å². The highest BCUT2D eigenvalue weighted by Gasteiger charge is 2.24. The predicted molar refractivity (Wildman–Crippen MR) is 79.7 cm³/mol. The van der Waals surface area contributed by atoms with Crippen molar-refractivity contribution < 1.29 is 24.9 Å². The van der Waals surface area contributed by atoms with E-state index in [0.29, 0.717) is 12.8 Å². The molecule has 1 aliphatic heterocycles. The van der Waals surface area contributed by atoms with Crippen LogP contribution in [0.2, 0.25) is 0 Å². The Hall–Kier alpha value is -0.910. The van der Waals surface area contributed by atoms with E-state index in [2.05, 4.69) is 6.92 Å². The van der Waals surface area contributed by atoms with Gasteiger partial charge in [0.2, 0.25) is 0 Å². The van der Waals surface area contributed by atoms with Crippen LogP contribution in [0.3, 0.4) is 0 Å². The summed E-state index contributed by atoms with van der Waals surface area (Å²) in [5.74, 6) is -0.436. The van der Waals surface area contributed by atoms with Gasteiger partial charge in [0.05, 0.1) is 18.3 Å². The summed E-state index contributed by atoms with van der Waals surface area (Å²) >= 11 is 0. The van der Waals surface area contributed by atoms with Crippen molar-refractivity contribution in [2.75, 3.05) is 0 Å². The maximum absolute atomic E-state index is 11.7. The van der Waals surface area contributed by atoms with Gasteiger partial charge in [0.25, 0.3) is 0 Å². The highest BCUT2D eigenvalue weighted by atomic mass is 16.6. The molecule has 1 heterocycles. The quantitative estimate of drug-likeness (QED) is 0.395. The number of hydrogen-bond acceptors (Lipinski definition) is 5. The molecule has 0 fully saturated rings. The van der Waals surface area contributed by atoms with Crippen molar-refractivity contribution in [3.8, 4) is 0 Å². The summed E-state index contributed by atoms with van der Waals surface area (Å²) in [5, 5.41) is 29.4. The van der Waals surface area contributed by atoms with Crippen LogP contribution in [-0.2, 0) is 9.53 Å². The first-order valence-corrected chi connectivity index (χ1v) is 7.95. The summed E-state index contributed by atoms with van der Waals surface area (Å²) in [5.41, 5.74) is 0. The minimum atomic E-state index is -0.974. The van der Waals surface area contributed by atoms with Crippen molar-refractivity contribution in [2.45, 2.75) is 82.7 Å². The molecule has 0 aromatic carbocycles. The van der Waals surface area contributed by atoms with Gasteiger partial charge < -0.3 is 20.1 Å². The summed E-state index contributed by atoms with van der Waals surface area (Å²) in [6.45, 7) is 2.13. The topological polar surface area (TPSA) is 87.0 Å². The third-order valence-electron chi connectivity index (χ3n) is 3.81. The molecule has 0 saturated heterocycles. The van der Waals surface area contributed by atoms with E-state index in [1.54, 1.807) is 6.08 Å². The average Bonchev–Trinajstić information content (AvgIpc) is 2.47. The summed E-state index contributed by atoms with van der Waals surface area (Å²) in [6.07, 6.45) is 5.39. The van der Waals surface area contributed by atoms with Crippen LogP contribution >= 0.6 is 0 Å². The van der Waals surface area contributed by atoms with Gasteiger partial charge in [-0.3, -0.25) is 4.79 Å². The maximum Gasteiger partial charge on any atom is 0.306 e. The van der Waals surface area contributed by atoms with Gasteiger partial charge in [0.15, 0.2) is 0 Å². The van der Waals surface area contributed by atoms with E-state index in [0.717, 1.165) is 25.7 Å². The second-order valence-electron chi connectivity index (χ2n) is 5.71. The van der Waals surface area contributed by atoms with E-state index < -0.39 is 30.4 Å². The predicted octanol–water partition coefficient (Wildman–Crippen LogP) is 1.69. The Morgan fingerprint density at radius 2 is 2.10 bits per heavy atom. The molecule has 0 aromatic heterocycles. The molecule has 0 aliphatic carbocycles. The zero-order chi connectivity index (χ0) is 15.7. The van der Waals surface area contributed by atoms with Crippen molar-refractivity contribution in [1.29, 1.82) is 0 Å². The third kappa shape index (κ3) is 7.07. The fraction of sp³-hybridized carbons (Fsp3) is 0.812. The lowest BCUT2D eigenvalue weighted by Gasteiger charge is -2.24. The normalized spacial score (nSPS) is 30.5. The first kappa shape index (κ1) is 18.1. The van der Waals surface area contributed by atoms with E-state index in [1.807, 2.05) is 0 Å². The first-order chi connectivity index (χ1) is 10.0. The van der Waals surface area contributed by atoms with E-state index in [1.165, 1.54) is 6.08 Å². The van der Waals surface area contributed by atoms with E-state index in [-0.39, 0.29) is 12.8 Å². The van der Waals surface area contributed by atoms with Crippen LogP contribution in [0.4, 0.5) is 0 Å². The highest BCUT2D eigenvalue weighted by molar-refractivity contribution is 5.69. The van der Waals surface area contributed by atoms with Crippen LogP contribution < -0.4 is 0 Å². The number of ether oxygens (including phenoxy) is 1. The summed E-state index contributed by atoms with van der Waals surface area (Å²) in [4.78, 5) is 11.7. The molecule has 5 nitrogen and oxygen atoms in total. The molecule has 0 radical (unpaired) electrons. The zero-order valence-electron chi connectivity index (χ0n) is 12.8. The number of rotatable bonds is 6. The van der Waals surface area contributed by atoms with Crippen LogP contribution in [0.25, 0.3) is 0 Å². The Morgan fingerprint density at radius 3 is 2.81 bits per heavy atom. The lowest BCUT2D eigenvalue weighted by Crippen LogP contribution is -2.33. The number of esters is 1. The van der Waals surface area contributed by atoms with Crippen LogP contribution in [0, 0.1) is 0 Å². The van der Waals surface area contributed by atoms with Gasteiger partial charge in [-0.1, -0.05) is 44.8 Å². The molecular weight excluding hydrogens is 272 g/mol. The zero-order valence-corrected chi connectivity index (χ0v) is 12.8. The molecule has 0 bridgehead atoms. The molecule has 1 aliphatic rings. The Bertz CT molecular complexity index is 329. The SMILES string of the molecule is CCCCCC[C@@H](O)[C@@H]1C/C=C/[C@H](O)[C@H](O)CCC(=O)O1. The Morgan fingerprint density at radius 1 is 1.33 bits per heavy atom. The van der Waals surface area contributed by atoms with Crippen LogP contribution in [0.5, 0.6) is 0 Å². The lowest BCUT2D eigenvalue weighted by molar-refractivity contribution is -0.156. The molecule has 3 N–H and O–H groups in total. The summed E-state index contributed by atoms with van der Waals surface area (Å²) in [7, 11) is 0. The van der Waals surface area contributed by atoms with Gasteiger partial charge in [-0.05, 0) is 12.8 Å². The van der Waals surface area contributed by atoms with Gasteiger partial charge in [-0.25, -0.2) is 0 Å². The Labute approximate surface area is 126 Å². The molecule has 5 heteroatoms. The number of aliphatic hydroxyl groups is 3. The van der Waals surface area contributed by atoms with Crippen molar-refractivity contribution in [2.24, 2.45) is 0 Å². The molecular formula is C16H28O5. The minimum Gasteiger partial charge on any atom is -0.459 e. The smallest absolute Gasteiger partial charge is 0.306 e. The van der Waals surface area contributed by atoms with Crippen molar-refractivity contribution in [3.63, 3.8) is 0 Å². The second-order valence-corrected chi connectivity index (χ2v) is 5.71. The highest BCUT2D eigenvalue weighted by Crippen LogP contribution is 2.17. The number of cyclic esters (lactones) is 1. The van der Waals surface area contributed by atoms with Crippen LogP contribution in [0.15, 0.2) is 12.2 Å². The van der Waals surface area contributed by atoms with Crippen LogP contribution in [0.1, 0.15) is 58.3 Å². The van der Waals surface area contributed by atoms with Gasteiger partial charge in [0.1, 0.15) is 6.10 Å². The summed E-state index contributed by atoms with van der Waals surface area (Å²) in [6, 6.07) is 0. The Balaban J connectivity index is 2.53. The van der Waals surface area contributed by atoms with E-state index in [4.69, 9.17) is 4.74 Å². The molecule has 21 heavy (non-hydrogen) atoms. The standard InChI is InChI=1S/C16H28O5/c1-2-3-4-5-7-14(19)15-9-6-8-12(17)13(18)10-11-16(20)21-15/h6,8,12-15,17-19H,2-5,7,9-11H2,1H3/b8-6+/t12-,13+,14+,15-/m0/s1. The van der Waals surface area contributed by atoms with E-state index in [9.17, 15) is 20.1 Å². The minimum absolute atomic E-state index is 0.0467. The molecule has 0 spiro atoms. The Kier molecular flexibility index (Phi) is 8.57. The second kappa shape index (κ2) is 9.92. The van der Waals surface area contributed by atoms with Gasteiger partial charge in [-0.15, -0.1) is 0 Å². The fourth-order valence-corrected chi connectivity index (χ4v) is 2.39. The molecule has 0 saturated carbocycles. The third-order valence-corrected chi connectivity index (χ3v) is 3.81. The first-order valence-electron chi connectivity index (χ1n) is 7.95.